The topological polar surface area (TPSA) is 78.3 Å². The molecule has 1 heterocycles. The summed E-state index contributed by atoms with van der Waals surface area (Å²) in [6.07, 6.45) is -1.98. The highest BCUT2D eigenvalue weighted by molar-refractivity contribution is 5.99. The van der Waals surface area contributed by atoms with Crippen LogP contribution in [0.3, 0.4) is 0 Å². The minimum atomic E-state index is -4.57. The number of aliphatic imine (C=N–C) groups is 2. The van der Waals surface area contributed by atoms with Crippen molar-refractivity contribution in [3.05, 3.63) is 35.5 Å². The van der Waals surface area contributed by atoms with Crippen LogP contribution < -0.4 is 15.4 Å². The standard InChI is InChI=1S/C21H28F3N5O2/c1-14(17(11-25-2)21(22,23)24)26-13-27-18-8-7-15(10-19(18)31-4)20(30)28-16-6-5-9-29(3)12-16/h7-8,10-11,16,27H,2,5-6,9,12-13H2,1,3-4H3,(H,28,30)/b17-11+,26-14-/t16-/m1/s1. The molecule has 1 saturated heterocycles. The predicted molar refractivity (Wildman–Crippen MR) is 116 cm³/mol. The smallest absolute Gasteiger partial charge is 0.419 e. The van der Waals surface area contributed by atoms with E-state index in [1.807, 2.05) is 7.05 Å². The number of anilines is 1. The molecule has 7 nitrogen and oxygen atoms in total. The average molecular weight is 439 g/mol. The number of hydrogen-bond acceptors (Lipinski definition) is 6. The summed E-state index contributed by atoms with van der Waals surface area (Å²) in [7, 11) is 3.47. The summed E-state index contributed by atoms with van der Waals surface area (Å²) in [4.78, 5) is 21.9. The fraction of sp³-hybridized carbons (Fsp3) is 0.476. The zero-order valence-electron chi connectivity index (χ0n) is 17.9. The number of rotatable bonds is 8. The van der Waals surface area contributed by atoms with Gasteiger partial charge in [-0.05, 0) is 58.3 Å². The van der Waals surface area contributed by atoms with Crippen molar-refractivity contribution in [2.45, 2.75) is 32.0 Å². The van der Waals surface area contributed by atoms with Gasteiger partial charge in [0.2, 0.25) is 0 Å². The van der Waals surface area contributed by atoms with Crippen molar-refractivity contribution >= 4 is 24.0 Å². The van der Waals surface area contributed by atoms with Gasteiger partial charge in [-0.2, -0.15) is 13.2 Å². The normalized spacial score (nSPS) is 18.5. The zero-order valence-corrected chi connectivity index (χ0v) is 17.9. The highest BCUT2D eigenvalue weighted by Gasteiger charge is 2.35. The number of likely N-dealkylation sites (N-methyl/N-ethyl adjacent to an activating group) is 1. The summed E-state index contributed by atoms with van der Waals surface area (Å²) in [5.74, 6) is 0.191. The molecule has 0 unspecified atom stereocenters. The number of piperidine rings is 1. The molecular formula is C21H28F3N5O2. The van der Waals surface area contributed by atoms with Gasteiger partial charge in [0.05, 0.1) is 18.4 Å². The Balaban J connectivity index is 2.05. The Morgan fingerprint density at radius 3 is 2.77 bits per heavy atom. The van der Waals surface area contributed by atoms with Crippen LogP contribution in [0.5, 0.6) is 5.75 Å². The van der Waals surface area contributed by atoms with Gasteiger partial charge in [0.15, 0.2) is 0 Å². The first-order valence-electron chi connectivity index (χ1n) is 9.81. The summed E-state index contributed by atoms with van der Waals surface area (Å²) in [5, 5.41) is 5.93. The Morgan fingerprint density at radius 1 is 1.42 bits per heavy atom. The summed E-state index contributed by atoms with van der Waals surface area (Å²) in [6, 6.07) is 4.95. The van der Waals surface area contributed by atoms with Crippen molar-refractivity contribution in [1.82, 2.24) is 10.2 Å². The van der Waals surface area contributed by atoms with Gasteiger partial charge in [0.1, 0.15) is 12.4 Å². The molecule has 31 heavy (non-hydrogen) atoms. The molecule has 2 N–H and O–H groups in total. The average Bonchev–Trinajstić information content (AvgIpc) is 2.71. The minimum Gasteiger partial charge on any atom is -0.495 e. The molecule has 1 aliphatic rings. The maximum Gasteiger partial charge on any atom is 0.419 e. The SMILES string of the molecule is C=N/C=C(\C(C)=N/CNc1ccc(C(=O)N[C@@H]2CCCN(C)C2)cc1OC)C(F)(F)F. The number of allylic oxidation sites excluding steroid dienone is 1. The Bertz CT molecular complexity index is 852. The first-order chi connectivity index (χ1) is 14.7. The first-order valence-corrected chi connectivity index (χ1v) is 9.81. The van der Waals surface area contributed by atoms with Crippen LogP contribution in [-0.2, 0) is 0 Å². The van der Waals surface area contributed by atoms with Crippen LogP contribution in [0.1, 0.15) is 30.1 Å². The van der Waals surface area contributed by atoms with Crippen molar-refractivity contribution in [2.75, 3.05) is 39.2 Å². The highest BCUT2D eigenvalue weighted by Crippen LogP contribution is 2.28. The number of benzene rings is 1. The van der Waals surface area contributed by atoms with Gasteiger partial charge in [-0.3, -0.25) is 14.8 Å². The fourth-order valence-corrected chi connectivity index (χ4v) is 3.32. The number of ether oxygens (including phenoxy) is 1. The van der Waals surface area contributed by atoms with E-state index in [1.165, 1.54) is 14.0 Å². The maximum absolute atomic E-state index is 13.0. The van der Waals surface area contributed by atoms with Crippen LogP contribution in [0.25, 0.3) is 0 Å². The van der Waals surface area contributed by atoms with Gasteiger partial charge in [0.25, 0.3) is 5.91 Å². The van der Waals surface area contributed by atoms with Crippen LogP contribution in [0.4, 0.5) is 18.9 Å². The summed E-state index contributed by atoms with van der Waals surface area (Å²) < 4.78 is 44.4. The lowest BCUT2D eigenvalue weighted by Crippen LogP contribution is -2.46. The number of halogens is 3. The van der Waals surface area contributed by atoms with Gasteiger partial charge in [-0.15, -0.1) is 0 Å². The number of methoxy groups -OCH3 is 1. The highest BCUT2D eigenvalue weighted by atomic mass is 19.4. The molecule has 0 bridgehead atoms. The molecule has 1 aliphatic heterocycles. The van der Waals surface area contributed by atoms with E-state index in [4.69, 9.17) is 4.74 Å². The molecule has 10 heteroatoms. The Labute approximate surface area is 180 Å². The molecule has 1 aromatic carbocycles. The number of carbonyl (C=O) groups is 1. The van der Waals surface area contributed by atoms with Crippen molar-refractivity contribution in [1.29, 1.82) is 0 Å². The number of likely N-dealkylation sites (tertiary alicyclic amines) is 1. The Morgan fingerprint density at radius 2 is 2.16 bits per heavy atom. The number of carbonyl (C=O) groups excluding carboxylic acids is 1. The van der Waals surface area contributed by atoms with E-state index in [0.29, 0.717) is 23.2 Å². The molecule has 1 amide bonds. The van der Waals surface area contributed by atoms with Crippen molar-refractivity contribution in [3.63, 3.8) is 0 Å². The van der Waals surface area contributed by atoms with E-state index in [9.17, 15) is 18.0 Å². The second kappa shape index (κ2) is 10.9. The molecule has 1 atom stereocenters. The first kappa shape index (κ1) is 24.4. The summed E-state index contributed by atoms with van der Waals surface area (Å²) >= 11 is 0. The molecule has 0 aliphatic carbocycles. The quantitative estimate of drug-likeness (QED) is 0.608. The number of nitrogens with zero attached hydrogens (tertiary/aromatic N) is 3. The zero-order chi connectivity index (χ0) is 23.0. The third kappa shape index (κ3) is 7.09. The molecule has 0 aromatic heterocycles. The van der Waals surface area contributed by atoms with Crippen LogP contribution in [0.15, 0.2) is 40.0 Å². The summed E-state index contributed by atoms with van der Waals surface area (Å²) in [5.41, 5.74) is -0.238. The number of hydrogen-bond donors (Lipinski definition) is 2. The lowest BCUT2D eigenvalue weighted by Gasteiger charge is -2.30. The predicted octanol–water partition coefficient (Wildman–Crippen LogP) is 3.50. The van der Waals surface area contributed by atoms with Crippen molar-refractivity contribution in [2.24, 2.45) is 9.98 Å². The van der Waals surface area contributed by atoms with Gasteiger partial charge in [-0.1, -0.05) is 0 Å². The van der Waals surface area contributed by atoms with Crippen LogP contribution >= 0.6 is 0 Å². The van der Waals surface area contributed by atoms with E-state index < -0.39 is 11.7 Å². The largest absolute Gasteiger partial charge is 0.495 e. The van der Waals surface area contributed by atoms with Crippen LogP contribution in [-0.4, -0.2) is 69.4 Å². The van der Waals surface area contributed by atoms with E-state index in [2.05, 4.69) is 32.2 Å². The van der Waals surface area contributed by atoms with E-state index in [0.717, 1.165) is 25.9 Å². The number of nitrogens with one attached hydrogen (secondary N) is 2. The van der Waals surface area contributed by atoms with E-state index in [-0.39, 0.29) is 24.3 Å². The van der Waals surface area contributed by atoms with Crippen molar-refractivity contribution < 1.29 is 22.7 Å². The molecular weight excluding hydrogens is 411 g/mol. The molecule has 170 valence electrons. The van der Waals surface area contributed by atoms with Gasteiger partial charge in [0, 0.05) is 30.1 Å². The van der Waals surface area contributed by atoms with Gasteiger partial charge in [-0.25, -0.2) is 0 Å². The number of alkyl halides is 3. The molecule has 0 spiro atoms. The molecule has 1 aromatic rings. The van der Waals surface area contributed by atoms with Gasteiger partial charge >= 0.3 is 6.18 Å². The summed E-state index contributed by atoms with van der Waals surface area (Å²) in [6.45, 7) is 6.01. The maximum atomic E-state index is 13.0. The number of amides is 1. The fourth-order valence-electron chi connectivity index (χ4n) is 3.32. The molecule has 0 saturated carbocycles. The van der Waals surface area contributed by atoms with Crippen LogP contribution in [0, 0.1) is 0 Å². The monoisotopic (exact) mass is 439 g/mol. The van der Waals surface area contributed by atoms with Gasteiger partial charge < -0.3 is 20.3 Å². The van der Waals surface area contributed by atoms with Crippen LogP contribution in [0.2, 0.25) is 0 Å². The second-order valence-electron chi connectivity index (χ2n) is 7.29. The van der Waals surface area contributed by atoms with E-state index in [1.54, 1.807) is 18.2 Å². The lowest BCUT2D eigenvalue weighted by atomic mass is 10.1. The lowest BCUT2D eigenvalue weighted by molar-refractivity contribution is -0.0862. The Hall–Kier alpha value is -2.88. The molecule has 0 radical (unpaired) electrons. The second-order valence-corrected chi connectivity index (χ2v) is 7.29. The molecule has 2 rings (SSSR count). The van der Waals surface area contributed by atoms with E-state index >= 15 is 0 Å². The minimum absolute atomic E-state index is 0.0910. The molecule has 1 fully saturated rings. The third-order valence-electron chi connectivity index (χ3n) is 4.92. The van der Waals surface area contributed by atoms with Crippen molar-refractivity contribution in [3.8, 4) is 5.75 Å². The Kier molecular flexibility index (Phi) is 8.61. The third-order valence-corrected chi connectivity index (χ3v) is 4.92.